The van der Waals surface area contributed by atoms with Gasteiger partial charge in [-0.05, 0) is 42.4 Å². The first-order valence-corrected chi connectivity index (χ1v) is 9.06. The van der Waals surface area contributed by atoms with Crippen molar-refractivity contribution in [3.8, 4) is 0 Å². The lowest BCUT2D eigenvalue weighted by molar-refractivity contribution is 0.218. The smallest absolute Gasteiger partial charge is 0.190 e. The van der Waals surface area contributed by atoms with Crippen molar-refractivity contribution in [2.75, 3.05) is 12.0 Å². The maximum Gasteiger partial charge on any atom is 0.190 e. The van der Waals surface area contributed by atoms with Crippen LogP contribution in [0.15, 0.2) is 5.16 Å². The van der Waals surface area contributed by atoms with E-state index in [0.29, 0.717) is 11.2 Å². The maximum absolute atomic E-state index is 6.16. The highest BCUT2D eigenvalue weighted by Crippen LogP contribution is 2.44. The summed E-state index contributed by atoms with van der Waals surface area (Å²) in [5.74, 6) is 1.41. The van der Waals surface area contributed by atoms with E-state index in [1.807, 2.05) is 17.6 Å². The van der Waals surface area contributed by atoms with Gasteiger partial charge in [0.25, 0.3) is 0 Å². The maximum atomic E-state index is 6.16. The minimum Gasteiger partial charge on any atom is -0.383 e. The number of hydrogen-bond donors (Lipinski definition) is 1. The van der Waals surface area contributed by atoms with Gasteiger partial charge in [-0.1, -0.05) is 32.5 Å². The average molecular weight is 307 g/mol. The fraction of sp³-hybridized carbons (Fsp3) is 0.600. The Bertz CT molecular complexity index is 655. The third-order valence-corrected chi connectivity index (χ3v) is 6.02. The number of nitrogen functional groups attached to an aromatic ring is 1. The summed E-state index contributed by atoms with van der Waals surface area (Å²) in [6.07, 6.45) is 5.51. The summed E-state index contributed by atoms with van der Waals surface area (Å²) < 4.78 is 0. The largest absolute Gasteiger partial charge is 0.383 e. The van der Waals surface area contributed by atoms with Crippen molar-refractivity contribution in [1.82, 2.24) is 9.97 Å². The molecule has 2 aromatic heterocycles. The molecule has 108 valence electrons. The van der Waals surface area contributed by atoms with Gasteiger partial charge in [0.05, 0.1) is 5.39 Å². The summed E-state index contributed by atoms with van der Waals surface area (Å²) in [6.45, 7) is 7.03. The Morgan fingerprint density at radius 2 is 2.05 bits per heavy atom. The number of aromatic nitrogens is 2. The zero-order valence-corrected chi connectivity index (χ0v) is 14.1. The SMILES string of the molecule is CSc1nc(N)c2c3c(sc2n1)CC(C(C)(C)C)CC3. The first-order chi connectivity index (χ1) is 9.40. The molecule has 0 saturated carbocycles. The highest BCUT2D eigenvalue weighted by Gasteiger charge is 2.31. The second-order valence-electron chi connectivity index (χ2n) is 6.59. The van der Waals surface area contributed by atoms with Crippen molar-refractivity contribution in [2.45, 2.75) is 45.2 Å². The van der Waals surface area contributed by atoms with Gasteiger partial charge in [-0.3, -0.25) is 0 Å². The Kier molecular flexibility index (Phi) is 3.45. The van der Waals surface area contributed by atoms with Crippen LogP contribution >= 0.6 is 23.1 Å². The van der Waals surface area contributed by atoms with Crippen molar-refractivity contribution < 1.29 is 0 Å². The topological polar surface area (TPSA) is 51.8 Å². The molecule has 1 unspecified atom stereocenters. The Balaban J connectivity index is 2.09. The monoisotopic (exact) mass is 307 g/mol. The number of anilines is 1. The summed E-state index contributed by atoms with van der Waals surface area (Å²) >= 11 is 3.37. The summed E-state index contributed by atoms with van der Waals surface area (Å²) in [4.78, 5) is 11.6. The average Bonchev–Trinajstić information content (AvgIpc) is 2.74. The third-order valence-electron chi connectivity index (χ3n) is 4.32. The van der Waals surface area contributed by atoms with Crippen LogP contribution in [0, 0.1) is 11.3 Å². The standard InChI is InChI=1S/C15H21N3S2/c1-15(2,3)8-5-6-9-10(7-8)20-13-11(9)12(16)17-14(18-13)19-4/h8H,5-7H2,1-4H3,(H2,16,17,18). The minimum atomic E-state index is 0.371. The quantitative estimate of drug-likeness (QED) is 0.635. The molecule has 2 heterocycles. The number of nitrogens with zero attached hydrogens (tertiary/aromatic N) is 2. The van der Waals surface area contributed by atoms with Gasteiger partial charge in [0.2, 0.25) is 0 Å². The number of thioether (sulfide) groups is 1. The van der Waals surface area contributed by atoms with Crippen molar-refractivity contribution in [3.05, 3.63) is 10.4 Å². The van der Waals surface area contributed by atoms with Crippen molar-refractivity contribution in [2.24, 2.45) is 11.3 Å². The number of nitrogens with two attached hydrogens (primary N) is 1. The zero-order chi connectivity index (χ0) is 14.5. The van der Waals surface area contributed by atoms with Crippen LogP contribution in [0.2, 0.25) is 0 Å². The van der Waals surface area contributed by atoms with Gasteiger partial charge in [0, 0.05) is 4.88 Å². The minimum absolute atomic E-state index is 0.371. The number of fused-ring (bicyclic) bond motifs is 3. The van der Waals surface area contributed by atoms with Crippen LogP contribution in [-0.4, -0.2) is 16.2 Å². The Morgan fingerprint density at radius 1 is 1.30 bits per heavy atom. The molecule has 1 aliphatic carbocycles. The number of hydrogen-bond acceptors (Lipinski definition) is 5. The molecule has 5 heteroatoms. The fourth-order valence-corrected chi connectivity index (χ4v) is 4.75. The molecule has 2 aromatic rings. The van der Waals surface area contributed by atoms with E-state index in [0.717, 1.165) is 34.1 Å². The highest BCUT2D eigenvalue weighted by atomic mass is 32.2. The molecule has 0 amide bonds. The van der Waals surface area contributed by atoms with E-state index in [9.17, 15) is 0 Å². The normalized spacial score (nSPS) is 19.3. The zero-order valence-electron chi connectivity index (χ0n) is 12.5. The summed E-state index contributed by atoms with van der Waals surface area (Å²) in [6, 6.07) is 0. The highest BCUT2D eigenvalue weighted by molar-refractivity contribution is 7.98. The molecule has 0 fully saturated rings. The lowest BCUT2D eigenvalue weighted by Gasteiger charge is -2.33. The second-order valence-corrected chi connectivity index (χ2v) is 8.44. The van der Waals surface area contributed by atoms with E-state index in [-0.39, 0.29) is 0 Å². The van der Waals surface area contributed by atoms with Gasteiger partial charge < -0.3 is 5.73 Å². The summed E-state index contributed by atoms with van der Waals surface area (Å²) in [5, 5.41) is 1.90. The lowest BCUT2D eigenvalue weighted by atomic mass is 9.72. The van der Waals surface area contributed by atoms with E-state index in [1.165, 1.54) is 16.9 Å². The van der Waals surface area contributed by atoms with E-state index < -0.39 is 0 Å². The van der Waals surface area contributed by atoms with Crippen molar-refractivity contribution >= 4 is 39.1 Å². The van der Waals surface area contributed by atoms with E-state index in [4.69, 9.17) is 5.73 Å². The van der Waals surface area contributed by atoms with Crippen LogP contribution in [0.25, 0.3) is 10.2 Å². The Morgan fingerprint density at radius 3 is 2.70 bits per heavy atom. The van der Waals surface area contributed by atoms with Gasteiger partial charge in [-0.2, -0.15) is 0 Å². The molecule has 20 heavy (non-hydrogen) atoms. The van der Waals surface area contributed by atoms with Crippen LogP contribution in [0.1, 0.15) is 37.6 Å². The van der Waals surface area contributed by atoms with Crippen LogP contribution in [0.4, 0.5) is 5.82 Å². The van der Waals surface area contributed by atoms with Crippen LogP contribution in [0.5, 0.6) is 0 Å². The molecule has 0 radical (unpaired) electrons. The predicted molar refractivity (Wildman–Crippen MR) is 88.6 cm³/mol. The van der Waals surface area contributed by atoms with E-state index in [1.54, 1.807) is 11.8 Å². The second kappa shape index (κ2) is 4.88. The fourth-order valence-electron chi connectivity index (χ4n) is 3.02. The molecule has 0 aromatic carbocycles. The molecule has 0 aliphatic heterocycles. The molecule has 3 nitrogen and oxygen atoms in total. The van der Waals surface area contributed by atoms with E-state index >= 15 is 0 Å². The van der Waals surface area contributed by atoms with Gasteiger partial charge in [-0.25, -0.2) is 9.97 Å². The van der Waals surface area contributed by atoms with Crippen LogP contribution < -0.4 is 5.73 Å². The first-order valence-electron chi connectivity index (χ1n) is 7.02. The molecule has 3 rings (SSSR count). The van der Waals surface area contributed by atoms with Gasteiger partial charge in [0.15, 0.2) is 5.16 Å². The summed E-state index contributed by atoms with van der Waals surface area (Å²) in [7, 11) is 0. The number of aryl methyl sites for hydroxylation is 1. The first kappa shape index (κ1) is 14.1. The van der Waals surface area contributed by atoms with Gasteiger partial charge in [0.1, 0.15) is 10.6 Å². The molecular formula is C15H21N3S2. The lowest BCUT2D eigenvalue weighted by Crippen LogP contribution is -2.26. The Labute approximate surface area is 128 Å². The van der Waals surface area contributed by atoms with Crippen LogP contribution in [0.3, 0.4) is 0 Å². The number of thiophene rings is 1. The van der Waals surface area contributed by atoms with Gasteiger partial charge in [-0.15, -0.1) is 11.3 Å². The van der Waals surface area contributed by atoms with E-state index in [2.05, 4.69) is 30.7 Å². The van der Waals surface area contributed by atoms with Crippen molar-refractivity contribution in [3.63, 3.8) is 0 Å². The van der Waals surface area contributed by atoms with Crippen LogP contribution in [-0.2, 0) is 12.8 Å². The molecule has 0 spiro atoms. The molecule has 0 saturated heterocycles. The Hall–Kier alpha value is -0.810. The molecule has 0 bridgehead atoms. The summed E-state index contributed by atoms with van der Waals surface area (Å²) in [5.41, 5.74) is 7.95. The molecule has 2 N–H and O–H groups in total. The molecule has 1 aliphatic rings. The molecule has 1 atom stereocenters. The van der Waals surface area contributed by atoms with Crippen molar-refractivity contribution in [1.29, 1.82) is 0 Å². The van der Waals surface area contributed by atoms with Gasteiger partial charge >= 0.3 is 0 Å². The predicted octanol–water partition coefficient (Wildman–Crippen LogP) is 4.15. The number of rotatable bonds is 1. The third kappa shape index (κ3) is 2.31. The molecular weight excluding hydrogens is 286 g/mol.